The Kier molecular flexibility index (Phi) is 10.5. The average Bonchev–Trinajstić information content (AvgIpc) is 2.56. The summed E-state index contributed by atoms with van der Waals surface area (Å²) in [5, 5.41) is 0. The van der Waals surface area contributed by atoms with Crippen LogP contribution in [0.4, 0.5) is 0 Å². The Morgan fingerprint density at radius 2 is 1.72 bits per heavy atom. The van der Waals surface area contributed by atoms with Gasteiger partial charge in [0.05, 0.1) is 0 Å². The van der Waals surface area contributed by atoms with Crippen LogP contribution in [0.15, 0.2) is 34.1 Å². The largest absolute Gasteiger partial charge is 1.00 e. The van der Waals surface area contributed by atoms with E-state index in [1.54, 1.807) is 24.2 Å². The fourth-order valence-corrected chi connectivity index (χ4v) is 2.65. The normalized spacial score (nSPS) is 19.6. The molecule has 0 fully saturated rings. The van der Waals surface area contributed by atoms with Crippen LogP contribution < -0.4 is 24.8 Å². The van der Waals surface area contributed by atoms with Gasteiger partial charge in [0.25, 0.3) is 0 Å². The van der Waals surface area contributed by atoms with Gasteiger partial charge in [0.1, 0.15) is 0 Å². The van der Waals surface area contributed by atoms with Crippen molar-refractivity contribution in [3.63, 3.8) is 0 Å². The Balaban J connectivity index is 0. The number of fused-ring (bicyclic) bond motifs is 1. The first kappa shape index (κ1) is 21.2. The third-order valence-corrected chi connectivity index (χ3v) is 3.82. The number of hydrogen-bond donors (Lipinski definition) is 0. The molecular weight excluding hydrogens is 362 g/mol. The molecule has 0 amide bonds. The molecule has 1 unspecified atom stereocenters. The first-order valence-corrected chi connectivity index (χ1v) is 7.65. The molecular formula is C14H20Cl2SZr. The molecule has 0 spiro atoms. The van der Waals surface area contributed by atoms with Crippen molar-refractivity contribution >= 4 is 15.0 Å². The van der Waals surface area contributed by atoms with Gasteiger partial charge in [-0.2, -0.15) is 0 Å². The molecule has 1 heterocycles. The summed E-state index contributed by atoms with van der Waals surface area (Å²) < 4.78 is 1.51. The molecule has 0 aromatic rings. The Bertz CT molecular complexity index is 372. The van der Waals surface area contributed by atoms with Crippen LogP contribution in [-0.2, 0) is 24.2 Å². The topological polar surface area (TPSA) is 0 Å². The number of rotatable bonds is 0. The summed E-state index contributed by atoms with van der Waals surface area (Å²) in [6, 6.07) is 0. The molecule has 18 heavy (non-hydrogen) atoms. The van der Waals surface area contributed by atoms with Crippen LogP contribution >= 0.6 is 11.8 Å². The van der Waals surface area contributed by atoms with Crippen molar-refractivity contribution < 1.29 is 49.0 Å². The SMILES string of the molecule is CC(C)(C)C1=CC2C=CC=C2S1.C[C](C)=[Zr+2].[Cl-].[Cl-]. The molecule has 2 aliphatic rings. The van der Waals surface area contributed by atoms with E-state index in [0.29, 0.717) is 11.3 Å². The molecule has 0 aromatic carbocycles. The van der Waals surface area contributed by atoms with E-state index in [9.17, 15) is 0 Å². The molecule has 0 nitrogen and oxygen atoms in total. The molecule has 0 saturated heterocycles. The van der Waals surface area contributed by atoms with Gasteiger partial charge >= 0.3 is 41.3 Å². The van der Waals surface area contributed by atoms with Crippen molar-refractivity contribution in [3.8, 4) is 0 Å². The maximum absolute atomic E-state index is 2.39. The maximum Gasteiger partial charge on any atom is -1.00 e. The van der Waals surface area contributed by atoms with Gasteiger partial charge in [0.15, 0.2) is 0 Å². The predicted octanol–water partition coefficient (Wildman–Crippen LogP) is -1.51. The Hall–Kier alpha value is 0.903. The predicted molar refractivity (Wildman–Crippen MR) is 72.2 cm³/mol. The Morgan fingerprint density at radius 1 is 1.22 bits per heavy atom. The number of halogens is 2. The van der Waals surface area contributed by atoms with Gasteiger partial charge in [-0.3, -0.25) is 0 Å². The minimum absolute atomic E-state index is 0. The Morgan fingerprint density at radius 3 is 2.11 bits per heavy atom. The molecule has 100 valence electrons. The van der Waals surface area contributed by atoms with Crippen LogP contribution in [0.2, 0.25) is 0 Å². The van der Waals surface area contributed by atoms with Crippen molar-refractivity contribution in [2.75, 3.05) is 0 Å². The maximum atomic E-state index is 2.39. The molecule has 2 rings (SSSR count). The fourth-order valence-electron chi connectivity index (χ4n) is 1.44. The third-order valence-electron chi connectivity index (χ3n) is 2.21. The molecule has 0 N–H and O–H groups in total. The quantitative estimate of drug-likeness (QED) is 0.491. The Labute approximate surface area is 143 Å². The summed E-state index contributed by atoms with van der Waals surface area (Å²) in [5.41, 5.74) is 0.323. The molecule has 0 saturated carbocycles. The van der Waals surface area contributed by atoms with Crippen LogP contribution in [0.1, 0.15) is 34.6 Å². The van der Waals surface area contributed by atoms with E-state index in [4.69, 9.17) is 0 Å². The van der Waals surface area contributed by atoms with Gasteiger partial charge in [0, 0.05) is 10.8 Å². The van der Waals surface area contributed by atoms with Gasteiger partial charge in [-0.05, 0) is 10.3 Å². The van der Waals surface area contributed by atoms with Crippen molar-refractivity contribution in [1.29, 1.82) is 0 Å². The van der Waals surface area contributed by atoms with Gasteiger partial charge in [-0.25, -0.2) is 0 Å². The van der Waals surface area contributed by atoms with Crippen molar-refractivity contribution in [2.24, 2.45) is 11.3 Å². The molecule has 1 aliphatic heterocycles. The number of hydrogen-bond acceptors (Lipinski definition) is 1. The van der Waals surface area contributed by atoms with Crippen molar-refractivity contribution in [3.05, 3.63) is 34.1 Å². The summed E-state index contributed by atoms with van der Waals surface area (Å²) in [7, 11) is 0. The zero-order valence-corrected chi connectivity index (χ0v) is 16.3. The van der Waals surface area contributed by atoms with Crippen molar-refractivity contribution in [1.82, 2.24) is 0 Å². The van der Waals surface area contributed by atoms with Crippen LogP contribution in [-0.4, -0.2) is 3.21 Å². The smallest absolute Gasteiger partial charge is 1.00 e. The summed E-state index contributed by atoms with van der Waals surface area (Å²) in [6.45, 7) is 11.1. The van der Waals surface area contributed by atoms with E-state index < -0.39 is 0 Å². The number of thioether (sulfide) groups is 1. The second-order valence-corrected chi connectivity index (χ2v) is 8.94. The summed E-state index contributed by atoms with van der Waals surface area (Å²) in [4.78, 5) is 3.02. The van der Waals surface area contributed by atoms with E-state index in [-0.39, 0.29) is 24.8 Å². The van der Waals surface area contributed by atoms with E-state index in [1.807, 2.05) is 11.8 Å². The standard InChI is InChI=1S/C11H14S.C3H6.2ClH.Zr/c1-11(2,3)10-7-8-5-4-6-9(8)12-10;1-3-2;;;/h4-8H,1-3H3;1-2H3;2*1H;/q;;;;+2/p-2. The molecule has 0 bridgehead atoms. The zero-order valence-electron chi connectivity index (χ0n) is 11.6. The molecule has 1 aliphatic carbocycles. The van der Waals surface area contributed by atoms with Gasteiger partial charge < -0.3 is 24.8 Å². The van der Waals surface area contributed by atoms with Gasteiger partial charge in [-0.15, -0.1) is 0 Å². The summed E-state index contributed by atoms with van der Waals surface area (Å²) in [5.74, 6) is 0.601. The summed E-state index contributed by atoms with van der Waals surface area (Å²) >= 11 is 3.50. The minimum atomic E-state index is 0. The van der Waals surface area contributed by atoms with Crippen LogP contribution in [0.25, 0.3) is 0 Å². The van der Waals surface area contributed by atoms with E-state index in [0.717, 1.165) is 0 Å². The molecule has 0 radical (unpaired) electrons. The van der Waals surface area contributed by atoms with E-state index in [2.05, 4.69) is 58.9 Å². The average molecular weight is 383 g/mol. The first-order chi connectivity index (χ1) is 7.30. The minimum Gasteiger partial charge on any atom is -1.00 e. The molecule has 4 heteroatoms. The fraction of sp³-hybridized carbons (Fsp3) is 0.500. The summed E-state index contributed by atoms with van der Waals surface area (Å²) in [6.07, 6.45) is 9.04. The van der Waals surface area contributed by atoms with Gasteiger partial charge in [0.2, 0.25) is 0 Å². The second-order valence-electron chi connectivity index (χ2n) is 5.36. The molecule has 1 atom stereocenters. The van der Waals surface area contributed by atoms with E-state index in [1.165, 1.54) is 13.0 Å². The van der Waals surface area contributed by atoms with Crippen LogP contribution in [0.3, 0.4) is 0 Å². The van der Waals surface area contributed by atoms with Crippen molar-refractivity contribution in [2.45, 2.75) is 34.6 Å². The van der Waals surface area contributed by atoms with Crippen LogP contribution in [0, 0.1) is 11.3 Å². The van der Waals surface area contributed by atoms with Crippen LogP contribution in [0.5, 0.6) is 0 Å². The zero-order chi connectivity index (χ0) is 12.3. The second kappa shape index (κ2) is 8.95. The first-order valence-electron chi connectivity index (χ1n) is 5.61. The third kappa shape index (κ3) is 6.89. The monoisotopic (exact) mass is 380 g/mol. The van der Waals surface area contributed by atoms with Gasteiger partial charge in [-0.1, -0.05) is 56.8 Å². The molecule has 0 aromatic heterocycles. The number of allylic oxidation sites excluding steroid dienone is 6. The van der Waals surface area contributed by atoms with E-state index >= 15 is 0 Å².